The number of hydrogen-bond donors (Lipinski definition) is 0. The van der Waals surface area contributed by atoms with Gasteiger partial charge in [0.15, 0.2) is 0 Å². The zero-order valence-corrected chi connectivity index (χ0v) is 20.5. The molecule has 3 aliphatic rings. The maximum Gasteiger partial charge on any atom is 0.254 e. The number of rotatable bonds is 5. The molecule has 0 bridgehead atoms. The van der Waals surface area contributed by atoms with E-state index in [9.17, 15) is 18.0 Å². The van der Waals surface area contributed by atoms with Gasteiger partial charge in [-0.15, -0.1) is 0 Å². The predicted molar refractivity (Wildman–Crippen MR) is 127 cm³/mol. The lowest BCUT2D eigenvalue weighted by Crippen LogP contribution is -2.52. The van der Waals surface area contributed by atoms with Gasteiger partial charge < -0.3 is 9.80 Å². The average molecular weight is 477 g/mol. The minimum atomic E-state index is -3.59. The Kier molecular flexibility index (Phi) is 7.71. The highest BCUT2D eigenvalue weighted by Gasteiger charge is 2.29. The van der Waals surface area contributed by atoms with Crippen LogP contribution >= 0.6 is 0 Å². The molecule has 182 valence electrons. The first-order chi connectivity index (χ1) is 15.9. The molecule has 0 saturated carbocycles. The SMILES string of the molecule is Cc1ccc(S(=O)(=O)N2CCCCC2)cc1C(=O)N1CCN(CC(=O)N2CCCCC2)CC1. The maximum atomic E-state index is 13.3. The highest BCUT2D eigenvalue weighted by Crippen LogP contribution is 2.24. The fourth-order valence-electron chi connectivity index (χ4n) is 4.96. The molecule has 0 aliphatic carbocycles. The number of carbonyl (C=O) groups excluding carboxylic acids is 2. The Morgan fingerprint density at radius 1 is 0.788 bits per heavy atom. The van der Waals surface area contributed by atoms with Gasteiger partial charge in [0.05, 0.1) is 11.4 Å². The molecule has 3 saturated heterocycles. The highest BCUT2D eigenvalue weighted by atomic mass is 32.2. The van der Waals surface area contributed by atoms with Gasteiger partial charge in [-0.2, -0.15) is 4.31 Å². The lowest BCUT2D eigenvalue weighted by atomic mass is 10.1. The lowest BCUT2D eigenvalue weighted by Gasteiger charge is -2.36. The number of amides is 2. The number of piperazine rings is 1. The summed E-state index contributed by atoms with van der Waals surface area (Å²) in [4.78, 5) is 31.9. The topological polar surface area (TPSA) is 81.2 Å². The molecular weight excluding hydrogens is 440 g/mol. The third kappa shape index (κ3) is 5.58. The van der Waals surface area contributed by atoms with Gasteiger partial charge >= 0.3 is 0 Å². The molecule has 0 N–H and O–H groups in total. The van der Waals surface area contributed by atoms with E-state index in [2.05, 4.69) is 4.90 Å². The van der Waals surface area contributed by atoms with Gasteiger partial charge in [0.2, 0.25) is 15.9 Å². The largest absolute Gasteiger partial charge is 0.342 e. The van der Waals surface area contributed by atoms with Crippen molar-refractivity contribution in [2.75, 3.05) is 58.9 Å². The third-order valence-electron chi connectivity index (χ3n) is 7.12. The van der Waals surface area contributed by atoms with Crippen molar-refractivity contribution in [3.63, 3.8) is 0 Å². The van der Waals surface area contributed by atoms with Crippen LogP contribution in [0.1, 0.15) is 54.4 Å². The predicted octanol–water partition coefficient (Wildman–Crippen LogP) is 1.94. The molecule has 4 rings (SSSR count). The first-order valence-corrected chi connectivity index (χ1v) is 13.7. The number of benzene rings is 1. The summed E-state index contributed by atoms with van der Waals surface area (Å²) in [5, 5.41) is 0. The van der Waals surface area contributed by atoms with Crippen molar-refractivity contribution in [2.45, 2.75) is 50.3 Å². The van der Waals surface area contributed by atoms with Gasteiger partial charge in [0, 0.05) is 57.9 Å². The number of piperidine rings is 2. The molecule has 3 heterocycles. The summed E-state index contributed by atoms with van der Waals surface area (Å²) >= 11 is 0. The van der Waals surface area contributed by atoms with Crippen molar-refractivity contribution >= 4 is 21.8 Å². The zero-order chi connectivity index (χ0) is 23.4. The Labute approximate surface area is 197 Å². The van der Waals surface area contributed by atoms with Crippen LogP contribution in [0.25, 0.3) is 0 Å². The maximum absolute atomic E-state index is 13.3. The van der Waals surface area contributed by atoms with E-state index in [-0.39, 0.29) is 16.7 Å². The van der Waals surface area contributed by atoms with Crippen LogP contribution < -0.4 is 0 Å². The van der Waals surface area contributed by atoms with Gasteiger partial charge in [0.25, 0.3) is 5.91 Å². The highest BCUT2D eigenvalue weighted by molar-refractivity contribution is 7.89. The van der Waals surface area contributed by atoms with Gasteiger partial charge in [-0.05, 0) is 56.7 Å². The summed E-state index contributed by atoms with van der Waals surface area (Å²) < 4.78 is 27.7. The monoisotopic (exact) mass is 476 g/mol. The molecule has 0 radical (unpaired) electrons. The van der Waals surface area contributed by atoms with Gasteiger partial charge in [0.1, 0.15) is 0 Å². The number of carbonyl (C=O) groups is 2. The molecule has 8 nitrogen and oxygen atoms in total. The normalized spacial score (nSPS) is 21.2. The number of sulfonamides is 1. The van der Waals surface area contributed by atoms with Crippen molar-refractivity contribution in [3.05, 3.63) is 29.3 Å². The Balaban J connectivity index is 1.38. The summed E-state index contributed by atoms with van der Waals surface area (Å²) in [5.41, 5.74) is 1.23. The molecule has 0 unspecified atom stereocenters. The number of likely N-dealkylation sites (tertiary alicyclic amines) is 1. The Hall–Kier alpha value is -1.97. The second-order valence-corrected chi connectivity index (χ2v) is 11.4. The summed E-state index contributed by atoms with van der Waals surface area (Å²) in [7, 11) is -3.59. The molecule has 33 heavy (non-hydrogen) atoms. The zero-order valence-electron chi connectivity index (χ0n) is 19.7. The van der Waals surface area contributed by atoms with Crippen molar-refractivity contribution in [1.29, 1.82) is 0 Å². The van der Waals surface area contributed by atoms with E-state index < -0.39 is 10.0 Å². The summed E-state index contributed by atoms with van der Waals surface area (Å²) in [5.74, 6) is 0.0474. The Morgan fingerprint density at radius 2 is 1.39 bits per heavy atom. The van der Waals surface area contributed by atoms with E-state index in [1.54, 1.807) is 23.1 Å². The van der Waals surface area contributed by atoms with Crippen LogP contribution in [-0.4, -0.2) is 98.1 Å². The first-order valence-electron chi connectivity index (χ1n) is 12.3. The Morgan fingerprint density at radius 3 is 2.03 bits per heavy atom. The van der Waals surface area contributed by atoms with Crippen LogP contribution in [0.3, 0.4) is 0 Å². The summed E-state index contributed by atoms with van der Waals surface area (Å²) in [6.45, 7) is 7.41. The second kappa shape index (κ2) is 10.5. The molecule has 2 amide bonds. The average Bonchev–Trinajstić information content (AvgIpc) is 2.85. The van der Waals surface area contributed by atoms with Crippen LogP contribution in [0, 0.1) is 6.92 Å². The van der Waals surface area contributed by atoms with Gasteiger partial charge in [-0.1, -0.05) is 12.5 Å². The Bertz CT molecular complexity index is 961. The standard InChI is InChI=1S/C24H36N4O4S/c1-20-8-9-21(33(31,32)28-12-6-3-7-13-28)18-22(20)24(30)27-16-14-25(15-17-27)19-23(29)26-10-4-2-5-11-26/h8-9,18H,2-7,10-17,19H2,1H3. The minimum absolute atomic E-state index is 0.134. The van der Waals surface area contributed by atoms with E-state index in [1.165, 1.54) is 10.7 Å². The van der Waals surface area contributed by atoms with E-state index >= 15 is 0 Å². The molecule has 1 aromatic carbocycles. The number of aryl methyl sites for hydroxylation is 1. The minimum Gasteiger partial charge on any atom is -0.342 e. The van der Waals surface area contributed by atoms with Crippen LogP contribution in [0.2, 0.25) is 0 Å². The van der Waals surface area contributed by atoms with Crippen LogP contribution in [-0.2, 0) is 14.8 Å². The molecular formula is C24H36N4O4S. The van der Waals surface area contributed by atoms with E-state index in [1.807, 2.05) is 11.8 Å². The molecule has 0 atom stereocenters. The third-order valence-corrected chi connectivity index (χ3v) is 9.01. The fourth-order valence-corrected chi connectivity index (χ4v) is 6.50. The van der Waals surface area contributed by atoms with E-state index in [4.69, 9.17) is 0 Å². The molecule has 3 aliphatic heterocycles. The van der Waals surface area contributed by atoms with Crippen molar-refractivity contribution in [2.24, 2.45) is 0 Å². The lowest BCUT2D eigenvalue weighted by molar-refractivity contribution is -0.133. The summed E-state index contributed by atoms with van der Waals surface area (Å²) in [6.07, 6.45) is 6.17. The fraction of sp³-hybridized carbons (Fsp3) is 0.667. The van der Waals surface area contributed by atoms with Crippen LogP contribution in [0.5, 0.6) is 0 Å². The number of nitrogens with zero attached hydrogens (tertiary/aromatic N) is 4. The van der Waals surface area contributed by atoms with Gasteiger partial charge in [-0.3, -0.25) is 14.5 Å². The molecule has 0 aromatic heterocycles. The van der Waals surface area contributed by atoms with Crippen LogP contribution in [0.4, 0.5) is 0 Å². The quantitative estimate of drug-likeness (QED) is 0.649. The van der Waals surface area contributed by atoms with Crippen molar-refractivity contribution in [3.8, 4) is 0 Å². The summed E-state index contributed by atoms with van der Waals surface area (Å²) in [6, 6.07) is 4.89. The van der Waals surface area contributed by atoms with Crippen molar-refractivity contribution in [1.82, 2.24) is 19.0 Å². The molecule has 1 aromatic rings. The van der Waals surface area contributed by atoms with E-state index in [0.29, 0.717) is 51.4 Å². The van der Waals surface area contributed by atoms with E-state index in [0.717, 1.165) is 50.8 Å². The molecule has 0 spiro atoms. The van der Waals surface area contributed by atoms with Crippen molar-refractivity contribution < 1.29 is 18.0 Å². The second-order valence-electron chi connectivity index (χ2n) is 9.45. The molecule has 3 fully saturated rings. The smallest absolute Gasteiger partial charge is 0.254 e. The number of hydrogen-bond acceptors (Lipinski definition) is 5. The van der Waals surface area contributed by atoms with Gasteiger partial charge in [-0.25, -0.2) is 8.42 Å². The molecule has 9 heteroatoms. The van der Waals surface area contributed by atoms with Crippen LogP contribution in [0.15, 0.2) is 23.1 Å². The first kappa shape index (κ1) is 24.2.